The lowest BCUT2D eigenvalue weighted by molar-refractivity contribution is -0.142. The molecule has 0 atom stereocenters. The van der Waals surface area contributed by atoms with E-state index in [2.05, 4.69) is 30.0 Å². The lowest BCUT2D eigenvalue weighted by Gasteiger charge is -2.50. The molecule has 7 nitrogen and oxygen atoms in total. The van der Waals surface area contributed by atoms with Crippen molar-refractivity contribution in [3.8, 4) is 0 Å². The summed E-state index contributed by atoms with van der Waals surface area (Å²) < 4.78 is 0. The lowest BCUT2D eigenvalue weighted by atomic mass is 9.78. The number of aryl methyl sites for hydroxylation is 1. The number of H-pyrrole nitrogens is 1. The number of amides is 1. The molecule has 1 saturated carbocycles. The molecule has 1 spiro atoms. The number of nitrogens with zero attached hydrogens (tertiary/aromatic N) is 5. The van der Waals surface area contributed by atoms with E-state index < -0.39 is 0 Å². The number of imidazole rings is 1. The van der Waals surface area contributed by atoms with Crippen LogP contribution in [0.3, 0.4) is 0 Å². The summed E-state index contributed by atoms with van der Waals surface area (Å²) in [7, 11) is 0. The van der Waals surface area contributed by atoms with Crippen molar-refractivity contribution in [2.45, 2.75) is 44.6 Å². The van der Waals surface area contributed by atoms with E-state index in [1.807, 2.05) is 19.1 Å². The summed E-state index contributed by atoms with van der Waals surface area (Å²) in [5, 5.41) is 8.52. The predicted molar refractivity (Wildman–Crippen MR) is 96.6 cm³/mol. The highest BCUT2D eigenvalue weighted by molar-refractivity contribution is 5.82. The standard InChI is InChI=1S/C19H24N6O/c1-13-2-5-16(23-22-13)24-10-7-19(8-11-24)17-15(20-12-21-17)6-9-25(19)18(26)14-3-4-14/h2,5,12,14H,3-4,6-11H2,1H3,(H,20,21). The first-order valence-electron chi connectivity index (χ1n) is 9.57. The Hall–Kier alpha value is -2.44. The molecule has 2 aromatic rings. The van der Waals surface area contributed by atoms with Gasteiger partial charge in [0, 0.05) is 37.7 Å². The molecule has 0 unspecified atom stereocenters. The molecule has 1 aliphatic carbocycles. The number of piperidine rings is 1. The van der Waals surface area contributed by atoms with E-state index >= 15 is 0 Å². The highest BCUT2D eigenvalue weighted by Gasteiger charge is 2.51. The van der Waals surface area contributed by atoms with Gasteiger partial charge in [0.25, 0.3) is 0 Å². The molecule has 0 aromatic carbocycles. The van der Waals surface area contributed by atoms with Gasteiger partial charge in [-0.3, -0.25) is 4.79 Å². The summed E-state index contributed by atoms with van der Waals surface area (Å²) in [6.45, 7) is 4.47. The molecule has 0 bridgehead atoms. The number of hydrogen-bond donors (Lipinski definition) is 1. The van der Waals surface area contributed by atoms with Crippen molar-refractivity contribution in [1.82, 2.24) is 25.1 Å². The zero-order valence-corrected chi connectivity index (χ0v) is 15.1. The molecule has 1 N–H and O–H groups in total. The Labute approximate surface area is 152 Å². The molecule has 2 aromatic heterocycles. The van der Waals surface area contributed by atoms with Crippen LogP contribution in [0.4, 0.5) is 5.82 Å². The summed E-state index contributed by atoms with van der Waals surface area (Å²) in [6, 6.07) is 4.04. The molecule has 0 radical (unpaired) electrons. The van der Waals surface area contributed by atoms with E-state index in [0.717, 1.165) is 68.9 Å². The topological polar surface area (TPSA) is 78.0 Å². The minimum atomic E-state index is -0.262. The van der Waals surface area contributed by atoms with Crippen LogP contribution in [0.2, 0.25) is 0 Å². The molecule has 26 heavy (non-hydrogen) atoms. The molecule has 2 aliphatic heterocycles. The minimum Gasteiger partial charge on any atom is -0.355 e. The average molecular weight is 352 g/mol. The third-order valence-corrected chi connectivity index (χ3v) is 6.15. The summed E-state index contributed by atoms with van der Waals surface area (Å²) in [5.74, 6) is 1.50. The number of anilines is 1. The van der Waals surface area contributed by atoms with Crippen LogP contribution < -0.4 is 4.90 Å². The fraction of sp³-hybridized carbons (Fsp3) is 0.579. The van der Waals surface area contributed by atoms with Crippen LogP contribution in [0.15, 0.2) is 18.5 Å². The van der Waals surface area contributed by atoms with Crippen molar-refractivity contribution in [2.75, 3.05) is 24.5 Å². The zero-order chi connectivity index (χ0) is 17.7. The first kappa shape index (κ1) is 15.8. The molecular formula is C19H24N6O. The van der Waals surface area contributed by atoms with Gasteiger partial charge in [0.2, 0.25) is 5.91 Å². The summed E-state index contributed by atoms with van der Waals surface area (Å²) in [6.07, 6.45) is 6.53. The summed E-state index contributed by atoms with van der Waals surface area (Å²) >= 11 is 0. The van der Waals surface area contributed by atoms with Crippen LogP contribution in [-0.2, 0) is 16.8 Å². The molecule has 7 heteroatoms. The van der Waals surface area contributed by atoms with Gasteiger partial charge >= 0.3 is 0 Å². The van der Waals surface area contributed by atoms with Crippen LogP contribution >= 0.6 is 0 Å². The number of rotatable bonds is 2. The van der Waals surface area contributed by atoms with Crippen molar-refractivity contribution in [3.63, 3.8) is 0 Å². The Balaban J connectivity index is 1.44. The fourth-order valence-electron chi connectivity index (χ4n) is 4.52. The van der Waals surface area contributed by atoms with Gasteiger partial charge in [-0.1, -0.05) is 0 Å². The molecule has 4 heterocycles. The Morgan fingerprint density at radius 2 is 2.00 bits per heavy atom. The third-order valence-electron chi connectivity index (χ3n) is 6.15. The highest BCUT2D eigenvalue weighted by atomic mass is 16.2. The van der Waals surface area contributed by atoms with Crippen molar-refractivity contribution in [3.05, 3.63) is 35.5 Å². The van der Waals surface area contributed by atoms with Crippen molar-refractivity contribution in [2.24, 2.45) is 5.92 Å². The van der Waals surface area contributed by atoms with Gasteiger partial charge in [0.05, 0.1) is 23.3 Å². The molecule has 136 valence electrons. The lowest BCUT2D eigenvalue weighted by Crippen LogP contribution is -2.58. The van der Waals surface area contributed by atoms with E-state index in [0.29, 0.717) is 5.91 Å². The van der Waals surface area contributed by atoms with Gasteiger partial charge in [-0.05, 0) is 44.7 Å². The Morgan fingerprint density at radius 3 is 2.69 bits per heavy atom. The fourth-order valence-corrected chi connectivity index (χ4v) is 4.52. The molecule has 1 saturated heterocycles. The minimum absolute atomic E-state index is 0.244. The van der Waals surface area contributed by atoms with Crippen molar-refractivity contribution in [1.29, 1.82) is 0 Å². The maximum absolute atomic E-state index is 13.0. The van der Waals surface area contributed by atoms with Crippen LogP contribution in [0.1, 0.15) is 42.8 Å². The molecule has 1 amide bonds. The van der Waals surface area contributed by atoms with Crippen LogP contribution in [0.25, 0.3) is 0 Å². The SMILES string of the molecule is Cc1ccc(N2CCC3(CC2)c2nc[nH]c2CCN3C(=O)C2CC2)nn1. The number of hydrogen-bond acceptors (Lipinski definition) is 5. The summed E-state index contributed by atoms with van der Waals surface area (Å²) in [5.41, 5.74) is 2.96. The summed E-state index contributed by atoms with van der Waals surface area (Å²) in [4.78, 5) is 25.4. The number of nitrogens with one attached hydrogen (secondary N) is 1. The predicted octanol–water partition coefficient (Wildman–Crippen LogP) is 1.80. The second kappa shape index (κ2) is 5.79. The van der Waals surface area contributed by atoms with Crippen molar-refractivity contribution >= 4 is 11.7 Å². The van der Waals surface area contributed by atoms with Crippen LogP contribution in [0.5, 0.6) is 0 Å². The van der Waals surface area contributed by atoms with Gasteiger partial charge < -0.3 is 14.8 Å². The second-order valence-electron chi connectivity index (χ2n) is 7.80. The van der Waals surface area contributed by atoms with Gasteiger partial charge in [-0.15, -0.1) is 5.10 Å². The number of carbonyl (C=O) groups is 1. The van der Waals surface area contributed by atoms with Gasteiger partial charge in [0.15, 0.2) is 5.82 Å². The van der Waals surface area contributed by atoms with Crippen LogP contribution in [0, 0.1) is 12.8 Å². The molecule has 2 fully saturated rings. The number of aromatic nitrogens is 4. The molecule has 5 rings (SSSR count). The normalized spacial score (nSPS) is 21.7. The first-order chi connectivity index (χ1) is 12.7. The maximum atomic E-state index is 13.0. The Morgan fingerprint density at radius 1 is 1.19 bits per heavy atom. The van der Waals surface area contributed by atoms with Gasteiger partial charge in [-0.2, -0.15) is 5.10 Å². The third kappa shape index (κ3) is 2.40. The van der Waals surface area contributed by atoms with Crippen LogP contribution in [-0.4, -0.2) is 50.6 Å². The monoisotopic (exact) mass is 352 g/mol. The van der Waals surface area contributed by atoms with E-state index in [1.165, 1.54) is 5.69 Å². The van der Waals surface area contributed by atoms with E-state index in [9.17, 15) is 4.79 Å². The quantitative estimate of drug-likeness (QED) is 0.892. The number of fused-ring (bicyclic) bond motifs is 2. The second-order valence-corrected chi connectivity index (χ2v) is 7.80. The Kier molecular flexibility index (Phi) is 3.52. The number of carbonyl (C=O) groups excluding carboxylic acids is 1. The molecular weight excluding hydrogens is 328 g/mol. The number of aromatic amines is 1. The van der Waals surface area contributed by atoms with E-state index in [4.69, 9.17) is 0 Å². The maximum Gasteiger partial charge on any atom is 0.226 e. The van der Waals surface area contributed by atoms with E-state index in [-0.39, 0.29) is 11.5 Å². The smallest absolute Gasteiger partial charge is 0.226 e. The van der Waals surface area contributed by atoms with Crippen molar-refractivity contribution < 1.29 is 4.79 Å². The first-order valence-corrected chi connectivity index (χ1v) is 9.57. The van der Waals surface area contributed by atoms with Gasteiger partial charge in [0.1, 0.15) is 0 Å². The van der Waals surface area contributed by atoms with E-state index in [1.54, 1.807) is 6.33 Å². The molecule has 3 aliphatic rings. The largest absolute Gasteiger partial charge is 0.355 e. The zero-order valence-electron chi connectivity index (χ0n) is 15.1. The highest BCUT2D eigenvalue weighted by Crippen LogP contribution is 2.45. The average Bonchev–Trinajstić information content (AvgIpc) is 3.40. The Bertz CT molecular complexity index is 817. The van der Waals surface area contributed by atoms with Gasteiger partial charge in [-0.25, -0.2) is 4.98 Å².